The SMILES string of the molecule is CC(C)c1nsc(NCC(C)(C)CCl)n1. The number of anilines is 1. The van der Waals surface area contributed by atoms with Crippen molar-refractivity contribution in [2.45, 2.75) is 33.6 Å². The quantitative estimate of drug-likeness (QED) is 0.811. The summed E-state index contributed by atoms with van der Waals surface area (Å²) in [7, 11) is 0. The highest BCUT2D eigenvalue weighted by molar-refractivity contribution is 7.09. The molecule has 86 valence electrons. The molecular formula is C10H18ClN3S. The van der Waals surface area contributed by atoms with Crippen LogP contribution in [0.1, 0.15) is 39.4 Å². The van der Waals surface area contributed by atoms with Crippen LogP contribution in [0.25, 0.3) is 0 Å². The van der Waals surface area contributed by atoms with Crippen molar-refractivity contribution < 1.29 is 0 Å². The molecule has 0 saturated carbocycles. The zero-order valence-corrected chi connectivity index (χ0v) is 11.2. The molecule has 0 aliphatic heterocycles. The number of hydrogen-bond acceptors (Lipinski definition) is 4. The van der Waals surface area contributed by atoms with Crippen molar-refractivity contribution in [1.82, 2.24) is 9.36 Å². The molecule has 0 unspecified atom stereocenters. The highest BCUT2D eigenvalue weighted by atomic mass is 35.5. The van der Waals surface area contributed by atoms with E-state index in [-0.39, 0.29) is 5.41 Å². The molecule has 0 aliphatic carbocycles. The van der Waals surface area contributed by atoms with E-state index in [4.69, 9.17) is 11.6 Å². The zero-order valence-electron chi connectivity index (χ0n) is 9.67. The van der Waals surface area contributed by atoms with Gasteiger partial charge in [-0.15, -0.1) is 11.6 Å². The maximum absolute atomic E-state index is 5.84. The minimum atomic E-state index is 0.0885. The molecule has 5 heteroatoms. The fourth-order valence-electron chi connectivity index (χ4n) is 0.903. The number of halogens is 1. The summed E-state index contributed by atoms with van der Waals surface area (Å²) in [5, 5.41) is 4.16. The standard InChI is InChI=1S/C10H18ClN3S/c1-7(2)8-13-9(15-14-8)12-6-10(3,4)5-11/h7H,5-6H2,1-4H3,(H,12,13,14). The average Bonchev–Trinajstić information content (AvgIpc) is 2.63. The Hall–Kier alpha value is -0.350. The summed E-state index contributed by atoms with van der Waals surface area (Å²) in [6, 6.07) is 0. The van der Waals surface area contributed by atoms with Gasteiger partial charge in [0, 0.05) is 29.9 Å². The summed E-state index contributed by atoms with van der Waals surface area (Å²) in [4.78, 5) is 4.40. The summed E-state index contributed by atoms with van der Waals surface area (Å²) in [5.41, 5.74) is 0.0885. The summed E-state index contributed by atoms with van der Waals surface area (Å²) in [5.74, 6) is 1.93. The van der Waals surface area contributed by atoms with E-state index in [0.29, 0.717) is 11.8 Å². The summed E-state index contributed by atoms with van der Waals surface area (Å²) >= 11 is 7.26. The molecule has 1 rings (SSSR count). The Bertz CT molecular complexity index is 309. The second-order valence-electron chi connectivity index (χ2n) is 4.76. The van der Waals surface area contributed by atoms with E-state index in [1.165, 1.54) is 11.5 Å². The van der Waals surface area contributed by atoms with E-state index in [2.05, 4.69) is 42.4 Å². The van der Waals surface area contributed by atoms with Gasteiger partial charge in [0.2, 0.25) is 5.13 Å². The fraction of sp³-hybridized carbons (Fsp3) is 0.800. The Labute approximate surface area is 100 Å². The third-order valence-electron chi connectivity index (χ3n) is 2.04. The van der Waals surface area contributed by atoms with E-state index >= 15 is 0 Å². The van der Waals surface area contributed by atoms with Gasteiger partial charge < -0.3 is 5.32 Å². The Morgan fingerprint density at radius 1 is 1.47 bits per heavy atom. The molecule has 0 atom stereocenters. The van der Waals surface area contributed by atoms with Gasteiger partial charge in [-0.3, -0.25) is 0 Å². The van der Waals surface area contributed by atoms with Gasteiger partial charge in [-0.25, -0.2) is 4.98 Å². The second kappa shape index (κ2) is 5.12. The van der Waals surface area contributed by atoms with Gasteiger partial charge in [0.1, 0.15) is 5.82 Å². The summed E-state index contributed by atoms with van der Waals surface area (Å²) in [6.07, 6.45) is 0. The maximum atomic E-state index is 5.84. The van der Waals surface area contributed by atoms with Gasteiger partial charge in [0.25, 0.3) is 0 Å². The molecule has 0 spiro atoms. The first kappa shape index (κ1) is 12.7. The topological polar surface area (TPSA) is 37.8 Å². The molecular weight excluding hydrogens is 230 g/mol. The van der Waals surface area contributed by atoms with Gasteiger partial charge in [-0.05, 0) is 5.41 Å². The van der Waals surface area contributed by atoms with Gasteiger partial charge in [0.15, 0.2) is 0 Å². The van der Waals surface area contributed by atoms with Crippen molar-refractivity contribution in [2.24, 2.45) is 5.41 Å². The number of aromatic nitrogens is 2. The van der Waals surface area contributed by atoms with Gasteiger partial charge >= 0.3 is 0 Å². The summed E-state index contributed by atoms with van der Waals surface area (Å²) in [6.45, 7) is 9.25. The number of hydrogen-bond donors (Lipinski definition) is 1. The third-order valence-corrected chi connectivity index (χ3v) is 3.45. The molecule has 0 aromatic carbocycles. The third kappa shape index (κ3) is 3.95. The van der Waals surface area contributed by atoms with E-state index in [1.807, 2.05) is 0 Å². The van der Waals surface area contributed by atoms with Gasteiger partial charge in [-0.1, -0.05) is 27.7 Å². The zero-order chi connectivity index (χ0) is 11.5. The van der Waals surface area contributed by atoms with Crippen molar-refractivity contribution >= 4 is 28.3 Å². The van der Waals surface area contributed by atoms with Crippen LogP contribution < -0.4 is 5.32 Å². The van der Waals surface area contributed by atoms with Crippen LogP contribution in [0.4, 0.5) is 5.13 Å². The molecule has 1 aromatic heterocycles. The first-order valence-corrected chi connectivity index (χ1v) is 6.39. The van der Waals surface area contributed by atoms with E-state index in [1.54, 1.807) is 0 Å². The Morgan fingerprint density at radius 2 is 2.13 bits per heavy atom. The molecule has 0 fully saturated rings. The maximum Gasteiger partial charge on any atom is 0.202 e. The molecule has 1 heterocycles. The number of nitrogens with one attached hydrogen (secondary N) is 1. The second-order valence-corrected chi connectivity index (χ2v) is 5.78. The Morgan fingerprint density at radius 3 is 2.60 bits per heavy atom. The van der Waals surface area contributed by atoms with Gasteiger partial charge in [-0.2, -0.15) is 4.37 Å². The van der Waals surface area contributed by atoms with Crippen molar-refractivity contribution in [1.29, 1.82) is 0 Å². The molecule has 0 amide bonds. The van der Waals surface area contributed by atoms with Crippen LogP contribution in [0.15, 0.2) is 0 Å². The van der Waals surface area contributed by atoms with Crippen molar-refractivity contribution in [3.63, 3.8) is 0 Å². The molecule has 0 aliphatic rings. The molecule has 1 aromatic rings. The predicted molar refractivity (Wildman–Crippen MR) is 67.0 cm³/mol. The van der Waals surface area contributed by atoms with Crippen molar-refractivity contribution in [3.8, 4) is 0 Å². The molecule has 3 nitrogen and oxygen atoms in total. The van der Waals surface area contributed by atoms with E-state index in [0.717, 1.165) is 17.5 Å². The highest BCUT2D eigenvalue weighted by Gasteiger charge is 2.17. The van der Waals surface area contributed by atoms with Crippen LogP contribution in [0, 0.1) is 5.41 Å². The molecule has 0 radical (unpaired) electrons. The van der Waals surface area contributed by atoms with Crippen LogP contribution in [0.3, 0.4) is 0 Å². The lowest BCUT2D eigenvalue weighted by atomic mass is 9.97. The largest absolute Gasteiger partial charge is 0.360 e. The van der Waals surface area contributed by atoms with Crippen molar-refractivity contribution in [3.05, 3.63) is 5.82 Å². The number of alkyl halides is 1. The average molecular weight is 248 g/mol. The first-order chi connectivity index (χ1) is 6.94. The normalized spacial score (nSPS) is 12.1. The molecule has 0 saturated heterocycles. The van der Waals surface area contributed by atoms with Crippen LogP contribution in [0.2, 0.25) is 0 Å². The van der Waals surface area contributed by atoms with E-state index < -0.39 is 0 Å². The minimum Gasteiger partial charge on any atom is -0.360 e. The van der Waals surface area contributed by atoms with Crippen LogP contribution in [-0.2, 0) is 0 Å². The molecule has 0 bridgehead atoms. The Balaban J connectivity index is 2.51. The predicted octanol–water partition coefficient (Wildman–Crippen LogP) is 3.34. The van der Waals surface area contributed by atoms with Crippen LogP contribution in [0.5, 0.6) is 0 Å². The smallest absolute Gasteiger partial charge is 0.202 e. The highest BCUT2D eigenvalue weighted by Crippen LogP contribution is 2.21. The van der Waals surface area contributed by atoms with Crippen LogP contribution in [-0.4, -0.2) is 21.8 Å². The molecule has 15 heavy (non-hydrogen) atoms. The summed E-state index contributed by atoms with van der Waals surface area (Å²) < 4.78 is 4.28. The number of nitrogens with zero attached hydrogens (tertiary/aromatic N) is 2. The Kier molecular flexibility index (Phi) is 4.34. The number of rotatable bonds is 5. The molecule has 1 N–H and O–H groups in total. The lowest BCUT2D eigenvalue weighted by molar-refractivity contribution is 0.450. The van der Waals surface area contributed by atoms with Crippen LogP contribution >= 0.6 is 23.1 Å². The first-order valence-electron chi connectivity index (χ1n) is 5.08. The van der Waals surface area contributed by atoms with Gasteiger partial charge in [0.05, 0.1) is 0 Å². The fourth-order valence-corrected chi connectivity index (χ4v) is 1.70. The lowest BCUT2D eigenvalue weighted by Crippen LogP contribution is -2.24. The van der Waals surface area contributed by atoms with Crippen molar-refractivity contribution in [2.75, 3.05) is 17.7 Å². The van der Waals surface area contributed by atoms with E-state index in [9.17, 15) is 0 Å². The minimum absolute atomic E-state index is 0.0885. The monoisotopic (exact) mass is 247 g/mol. The lowest BCUT2D eigenvalue weighted by Gasteiger charge is -2.20.